The van der Waals surface area contributed by atoms with E-state index in [-0.39, 0.29) is 0 Å². The predicted octanol–water partition coefficient (Wildman–Crippen LogP) is 1.83. The molecule has 0 fully saturated rings. The summed E-state index contributed by atoms with van der Waals surface area (Å²) < 4.78 is 11.8. The van der Waals surface area contributed by atoms with Crippen LogP contribution in [0.3, 0.4) is 0 Å². The van der Waals surface area contributed by atoms with Crippen molar-refractivity contribution in [3.63, 3.8) is 0 Å². The highest BCUT2D eigenvalue weighted by Crippen LogP contribution is 2.06. The summed E-state index contributed by atoms with van der Waals surface area (Å²) in [6.45, 7) is 10.7. The van der Waals surface area contributed by atoms with E-state index in [4.69, 9.17) is 0 Å². The second-order valence-corrected chi connectivity index (χ2v) is 11.1. The number of nitrogens with zero attached hydrogens (tertiary/aromatic N) is 1. The summed E-state index contributed by atoms with van der Waals surface area (Å²) in [6.07, 6.45) is 2.66. The molecule has 5 heteroatoms. The zero-order valence-corrected chi connectivity index (χ0v) is 14.0. The van der Waals surface area contributed by atoms with Gasteiger partial charge in [-0.05, 0) is 20.0 Å². The van der Waals surface area contributed by atoms with Crippen LogP contribution < -0.4 is 0 Å². The topological polar surface area (TPSA) is 21.7 Å². The van der Waals surface area contributed by atoms with E-state index in [1.165, 1.54) is 19.4 Å². The lowest BCUT2D eigenvalue weighted by molar-refractivity contribution is 0.309. The highest BCUT2D eigenvalue weighted by atomic mass is 28.3. The Kier molecular flexibility index (Phi) is 12.8. The molecule has 0 radical (unpaired) electrons. The van der Waals surface area contributed by atoms with Gasteiger partial charge in [-0.3, -0.25) is 0 Å². The first kappa shape index (κ1) is 17.7. The van der Waals surface area contributed by atoms with Gasteiger partial charge < -0.3 is 13.4 Å². The zero-order valence-electron chi connectivity index (χ0n) is 11.6. The summed E-state index contributed by atoms with van der Waals surface area (Å²) in [4.78, 5) is 0. The van der Waals surface area contributed by atoms with Crippen LogP contribution in [0.2, 0.25) is 19.6 Å². The van der Waals surface area contributed by atoms with Gasteiger partial charge in [0.15, 0.2) is 0 Å². The van der Waals surface area contributed by atoms with Crippen molar-refractivity contribution in [2.24, 2.45) is 0 Å². The molecule has 94 valence electrons. The minimum Gasteiger partial charge on any atom is -0.402 e. The van der Waals surface area contributed by atoms with E-state index in [9.17, 15) is 0 Å². The summed E-state index contributed by atoms with van der Waals surface area (Å²) >= 11 is 0. The van der Waals surface area contributed by atoms with Crippen molar-refractivity contribution < 1.29 is 8.85 Å². The van der Waals surface area contributed by atoms with Crippen molar-refractivity contribution in [2.75, 3.05) is 27.8 Å². The van der Waals surface area contributed by atoms with Gasteiger partial charge in [-0.15, -0.1) is 0 Å². The first-order valence-electron chi connectivity index (χ1n) is 5.59. The Morgan fingerprint density at radius 1 is 1.13 bits per heavy atom. The van der Waals surface area contributed by atoms with Crippen molar-refractivity contribution in [3.8, 4) is 0 Å². The lowest BCUT2D eigenvalue weighted by Gasteiger charge is -2.29. The lowest BCUT2D eigenvalue weighted by Crippen LogP contribution is -2.43. The van der Waals surface area contributed by atoms with Crippen molar-refractivity contribution in [2.45, 2.75) is 39.4 Å². The molecular weight excluding hydrogens is 222 g/mol. The van der Waals surface area contributed by atoms with Crippen LogP contribution in [-0.4, -0.2) is 50.6 Å². The van der Waals surface area contributed by atoms with Gasteiger partial charge in [-0.1, -0.05) is 33.0 Å². The Morgan fingerprint density at radius 2 is 1.60 bits per heavy atom. The van der Waals surface area contributed by atoms with Crippen LogP contribution >= 0.6 is 0 Å². The average Bonchev–Trinajstić information content (AvgIpc) is 2.15. The van der Waals surface area contributed by atoms with E-state index in [1.54, 1.807) is 14.2 Å². The van der Waals surface area contributed by atoms with Crippen molar-refractivity contribution in [1.82, 2.24) is 4.57 Å². The highest BCUT2D eigenvalue weighted by molar-refractivity contribution is 6.73. The van der Waals surface area contributed by atoms with Gasteiger partial charge in [-0.2, -0.15) is 0 Å². The van der Waals surface area contributed by atoms with Crippen molar-refractivity contribution >= 4 is 18.2 Å². The molecule has 0 amide bonds. The third kappa shape index (κ3) is 14.3. The molecule has 0 bridgehead atoms. The standard InChI is InChI=1S/C8H21NSi.C2H8O2Si/c1-6-7-8-9(2)10(3,4)5;1-3-5-4-2/h6-8H2,1-5H3;5H2,1-2H3. The largest absolute Gasteiger partial charge is 0.402 e. The van der Waals surface area contributed by atoms with Crippen molar-refractivity contribution in [3.05, 3.63) is 0 Å². The van der Waals surface area contributed by atoms with Crippen LogP contribution in [0.5, 0.6) is 0 Å². The van der Waals surface area contributed by atoms with Gasteiger partial charge in [0.1, 0.15) is 8.24 Å². The Labute approximate surface area is 99.3 Å². The van der Waals surface area contributed by atoms with Crippen LogP contribution in [0.4, 0.5) is 0 Å². The summed E-state index contributed by atoms with van der Waals surface area (Å²) in [7, 11) is 4.02. The second kappa shape index (κ2) is 10.8. The van der Waals surface area contributed by atoms with Gasteiger partial charge in [0.2, 0.25) is 0 Å². The smallest absolute Gasteiger partial charge is 0.303 e. The monoisotopic (exact) mass is 251 g/mol. The Morgan fingerprint density at radius 3 is 1.80 bits per heavy atom. The van der Waals surface area contributed by atoms with E-state index in [0.29, 0.717) is 0 Å². The molecule has 0 atom stereocenters. The SMILES string of the molecule is CCCCN(C)[Si](C)(C)C.CO[SiH2]OC. The van der Waals surface area contributed by atoms with Crippen LogP contribution in [0.1, 0.15) is 19.8 Å². The Hall–Kier alpha value is 0.314. The van der Waals surface area contributed by atoms with Gasteiger partial charge in [-0.25, -0.2) is 0 Å². The molecule has 0 unspecified atom stereocenters. The molecular formula is C10H29NO2Si2. The average molecular weight is 252 g/mol. The Bertz CT molecular complexity index is 127. The third-order valence-corrected chi connectivity index (χ3v) is 5.21. The molecule has 0 rings (SSSR count). The maximum atomic E-state index is 4.61. The molecule has 0 heterocycles. The number of rotatable bonds is 6. The molecule has 0 aliphatic carbocycles. The highest BCUT2D eigenvalue weighted by Gasteiger charge is 2.18. The first-order chi connectivity index (χ1) is 6.90. The normalized spacial score (nSPS) is 11.2. The number of hydrogen-bond donors (Lipinski definition) is 0. The maximum absolute atomic E-state index is 4.61. The molecule has 0 aromatic carbocycles. The fraction of sp³-hybridized carbons (Fsp3) is 1.00. The maximum Gasteiger partial charge on any atom is 0.303 e. The Balaban J connectivity index is 0. The third-order valence-electron chi connectivity index (χ3n) is 2.23. The van der Waals surface area contributed by atoms with Crippen LogP contribution in [0.25, 0.3) is 0 Å². The van der Waals surface area contributed by atoms with Crippen molar-refractivity contribution in [1.29, 1.82) is 0 Å². The molecule has 0 aliphatic rings. The van der Waals surface area contributed by atoms with Gasteiger partial charge >= 0.3 is 10.0 Å². The van der Waals surface area contributed by atoms with E-state index in [0.717, 1.165) is 0 Å². The van der Waals surface area contributed by atoms with Crippen LogP contribution in [0.15, 0.2) is 0 Å². The first-order valence-corrected chi connectivity index (χ1v) is 10.2. The molecule has 0 aromatic heterocycles. The minimum atomic E-state index is -0.965. The molecule has 0 aliphatic heterocycles. The molecule has 0 saturated carbocycles. The fourth-order valence-corrected chi connectivity index (χ4v) is 1.91. The molecule has 0 aromatic rings. The summed E-state index contributed by atoms with van der Waals surface area (Å²) in [5.41, 5.74) is 0. The van der Waals surface area contributed by atoms with E-state index in [1.807, 2.05) is 0 Å². The van der Waals surface area contributed by atoms with Crippen LogP contribution in [-0.2, 0) is 8.85 Å². The summed E-state index contributed by atoms with van der Waals surface area (Å²) in [5, 5.41) is 0. The molecule has 0 N–H and O–H groups in total. The lowest BCUT2D eigenvalue weighted by atomic mass is 10.3. The van der Waals surface area contributed by atoms with E-state index < -0.39 is 18.2 Å². The van der Waals surface area contributed by atoms with E-state index in [2.05, 4.69) is 47.0 Å². The number of unbranched alkanes of at least 4 members (excludes halogenated alkanes) is 1. The molecule has 0 saturated heterocycles. The summed E-state index contributed by atoms with van der Waals surface area (Å²) in [6, 6.07) is 0. The van der Waals surface area contributed by atoms with Crippen LogP contribution in [0, 0.1) is 0 Å². The van der Waals surface area contributed by atoms with Gasteiger partial charge in [0.05, 0.1) is 0 Å². The fourth-order valence-electron chi connectivity index (χ4n) is 0.849. The molecule has 3 nitrogen and oxygen atoms in total. The minimum absolute atomic E-state index is 0.568. The predicted molar refractivity (Wildman–Crippen MR) is 73.4 cm³/mol. The quantitative estimate of drug-likeness (QED) is 0.672. The molecule has 0 spiro atoms. The molecule has 15 heavy (non-hydrogen) atoms. The zero-order chi connectivity index (χ0) is 12.3. The van der Waals surface area contributed by atoms with E-state index >= 15 is 0 Å². The summed E-state index contributed by atoms with van der Waals surface area (Å²) in [5.74, 6) is 0. The second-order valence-electron chi connectivity index (χ2n) is 4.64. The van der Waals surface area contributed by atoms with Gasteiger partial charge in [0.25, 0.3) is 0 Å². The van der Waals surface area contributed by atoms with Gasteiger partial charge in [0, 0.05) is 14.2 Å². The number of hydrogen-bond acceptors (Lipinski definition) is 3.